The van der Waals surface area contributed by atoms with Gasteiger partial charge in [0, 0.05) is 55.5 Å². The van der Waals surface area contributed by atoms with E-state index in [-0.39, 0.29) is 23.2 Å². The minimum Gasteiger partial charge on any atom is -0.337 e. The van der Waals surface area contributed by atoms with Crippen LogP contribution in [0.25, 0.3) is 0 Å². The Hall–Kier alpha value is -2.99. The predicted molar refractivity (Wildman–Crippen MR) is 134 cm³/mol. The highest BCUT2D eigenvalue weighted by Gasteiger charge is 2.56. The van der Waals surface area contributed by atoms with E-state index in [1.165, 1.54) is 11.1 Å². The standard InChI is InChI=1S/C28H35N5O/c1-19(2)22-10-12-23(13-11-22)27(34)33-17-28(18-33)16-32(14-21-8-6-5-7-9-21)15-24(28)26-29-25(20(3)4)30-31-26/h5-13,19-20,24H,14-18H2,1-4H3,(H,29,30,31). The van der Waals surface area contributed by atoms with Crippen molar-refractivity contribution in [3.05, 3.63) is 82.9 Å². The Bertz CT molecular complexity index is 1130. The molecule has 3 heterocycles. The van der Waals surface area contributed by atoms with Crippen molar-refractivity contribution in [3.63, 3.8) is 0 Å². The summed E-state index contributed by atoms with van der Waals surface area (Å²) in [4.78, 5) is 22.6. The Morgan fingerprint density at radius 1 is 1.00 bits per heavy atom. The smallest absolute Gasteiger partial charge is 0.253 e. The van der Waals surface area contributed by atoms with Crippen molar-refractivity contribution in [3.8, 4) is 0 Å². The number of hydrogen-bond donors (Lipinski definition) is 1. The monoisotopic (exact) mass is 457 g/mol. The van der Waals surface area contributed by atoms with Gasteiger partial charge in [-0.15, -0.1) is 0 Å². The van der Waals surface area contributed by atoms with E-state index in [1.54, 1.807) is 0 Å². The molecule has 6 heteroatoms. The maximum Gasteiger partial charge on any atom is 0.253 e. The van der Waals surface area contributed by atoms with Crippen LogP contribution in [0.4, 0.5) is 0 Å². The number of benzene rings is 2. The molecule has 0 radical (unpaired) electrons. The lowest BCUT2D eigenvalue weighted by molar-refractivity contribution is 0.00180. The van der Waals surface area contributed by atoms with E-state index < -0.39 is 0 Å². The van der Waals surface area contributed by atoms with Gasteiger partial charge in [0.25, 0.3) is 5.91 Å². The van der Waals surface area contributed by atoms with E-state index in [4.69, 9.17) is 4.98 Å². The molecule has 0 bridgehead atoms. The topological polar surface area (TPSA) is 65.1 Å². The number of nitrogens with zero attached hydrogens (tertiary/aromatic N) is 4. The summed E-state index contributed by atoms with van der Waals surface area (Å²) in [5.41, 5.74) is 3.36. The quantitative estimate of drug-likeness (QED) is 0.578. The lowest BCUT2D eigenvalue weighted by atomic mass is 9.71. The van der Waals surface area contributed by atoms with Gasteiger partial charge in [0.2, 0.25) is 0 Å². The van der Waals surface area contributed by atoms with Crippen molar-refractivity contribution in [2.45, 2.75) is 52.0 Å². The van der Waals surface area contributed by atoms with E-state index in [0.29, 0.717) is 5.92 Å². The largest absolute Gasteiger partial charge is 0.337 e. The highest BCUT2D eigenvalue weighted by molar-refractivity contribution is 5.95. The minimum atomic E-state index is 0.0100. The van der Waals surface area contributed by atoms with E-state index >= 15 is 0 Å². The second-order valence-corrected chi connectivity index (χ2v) is 10.7. The lowest BCUT2D eigenvalue weighted by Crippen LogP contribution is -2.61. The first kappa shape index (κ1) is 22.8. The van der Waals surface area contributed by atoms with Gasteiger partial charge in [0.05, 0.1) is 0 Å². The van der Waals surface area contributed by atoms with E-state index in [9.17, 15) is 4.79 Å². The zero-order valence-electron chi connectivity index (χ0n) is 20.7. The van der Waals surface area contributed by atoms with Gasteiger partial charge in [-0.2, -0.15) is 5.10 Å². The maximum absolute atomic E-state index is 13.2. The van der Waals surface area contributed by atoms with Gasteiger partial charge in [-0.05, 0) is 29.2 Å². The number of rotatable bonds is 6. The van der Waals surface area contributed by atoms with Crippen LogP contribution >= 0.6 is 0 Å². The summed E-state index contributed by atoms with van der Waals surface area (Å²) >= 11 is 0. The molecule has 6 nitrogen and oxygen atoms in total. The summed E-state index contributed by atoms with van der Waals surface area (Å²) in [6.07, 6.45) is 0. The Morgan fingerprint density at radius 3 is 2.32 bits per heavy atom. The van der Waals surface area contributed by atoms with Crippen LogP contribution in [0.5, 0.6) is 0 Å². The molecular formula is C28H35N5O. The molecule has 1 amide bonds. The fourth-order valence-corrected chi connectivity index (χ4v) is 5.48. The summed E-state index contributed by atoms with van der Waals surface area (Å²) in [5, 5.41) is 7.72. The average Bonchev–Trinajstić information content (AvgIpc) is 3.44. The van der Waals surface area contributed by atoms with Gasteiger partial charge >= 0.3 is 0 Å². The number of likely N-dealkylation sites (tertiary alicyclic amines) is 2. The highest BCUT2D eigenvalue weighted by atomic mass is 16.2. The van der Waals surface area contributed by atoms with E-state index in [2.05, 4.69) is 85.3 Å². The van der Waals surface area contributed by atoms with Crippen molar-refractivity contribution < 1.29 is 4.79 Å². The molecular weight excluding hydrogens is 422 g/mol. The Morgan fingerprint density at radius 2 is 1.71 bits per heavy atom. The van der Waals surface area contributed by atoms with Crippen molar-refractivity contribution in [2.75, 3.05) is 26.2 Å². The summed E-state index contributed by atoms with van der Waals surface area (Å²) in [5.74, 6) is 2.95. The van der Waals surface area contributed by atoms with Crippen molar-refractivity contribution in [1.29, 1.82) is 0 Å². The average molecular weight is 458 g/mol. The summed E-state index contributed by atoms with van der Waals surface area (Å²) in [6, 6.07) is 18.7. The van der Waals surface area contributed by atoms with Crippen molar-refractivity contribution in [2.24, 2.45) is 5.41 Å². The Labute approximate surface area is 202 Å². The lowest BCUT2D eigenvalue weighted by Gasteiger charge is -2.50. The first-order valence-electron chi connectivity index (χ1n) is 12.4. The molecule has 2 aromatic carbocycles. The van der Waals surface area contributed by atoms with Crippen LogP contribution < -0.4 is 0 Å². The molecule has 0 saturated carbocycles. The highest BCUT2D eigenvalue weighted by Crippen LogP contribution is 2.49. The third-order valence-corrected chi connectivity index (χ3v) is 7.46. The number of amides is 1. The van der Waals surface area contributed by atoms with E-state index in [0.717, 1.165) is 49.9 Å². The molecule has 3 aromatic rings. The molecule has 1 N–H and O–H groups in total. The van der Waals surface area contributed by atoms with Crippen LogP contribution in [0, 0.1) is 5.41 Å². The van der Waals surface area contributed by atoms with Crippen LogP contribution in [-0.4, -0.2) is 57.1 Å². The third-order valence-electron chi connectivity index (χ3n) is 7.46. The van der Waals surface area contributed by atoms with Crippen molar-refractivity contribution in [1.82, 2.24) is 25.0 Å². The first-order chi connectivity index (χ1) is 16.3. The molecule has 178 valence electrons. The van der Waals surface area contributed by atoms with Crippen molar-refractivity contribution >= 4 is 5.91 Å². The number of carbonyl (C=O) groups excluding carboxylic acids is 1. The zero-order valence-corrected chi connectivity index (χ0v) is 20.7. The molecule has 0 aliphatic carbocycles. The second kappa shape index (κ2) is 8.99. The number of H-pyrrole nitrogens is 1. The first-order valence-corrected chi connectivity index (χ1v) is 12.4. The van der Waals surface area contributed by atoms with E-state index in [1.807, 2.05) is 17.0 Å². The molecule has 1 unspecified atom stereocenters. The number of hydrogen-bond acceptors (Lipinski definition) is 4. The van der Waals surface area contributed by atoms with Crippen LogP contribution in [0.1, 0.15) is 78.6 Å². The molecule has 1 aromatic heterocycles. The fraction of sp³-hybridized carbons (Fsp3) is 0.464. The molecule has 2 saturated heterocycles. The van der Waals surface area contributed by atoms with Gasteiger partial charge in [-0.25, -0.2) is 4.98 Å². The fourth-order valence-electron chi connectivity index (χ4n) is 5.48. The van der Waals surface area contributed by atoms with Gasteiger partial charge < -0.3 is 4.90 Å². The minimum absolute atomic E-state index is 0.0100. The number of aromatic nitrogens is 3. The SMILES string of the molecule is CC(C)c1ccc(C(=O)N2CC3(CN(Cc4ccccc4)CC3c3nc(C(C)C)n[nH]3)C2)cc1. The zero-order chi connectivity index (χ0) is 23.9. The third kappa shape index (κ3) is 4.27. The van der Waals surface area contributed by atoms with Crippen LogP contribution in [0.3, 0.4) is 0 Å². The molecule has 2 fully saturated rings. The Kier molecular flexibility index (Phi) is 6.02. The van der Waals surface area contributed by atoms with Crippen LogP contribution in [0.2, 0.25) is 0 Å². The molecule has 34 heavy (non-hydrogen) atoms. The molecule has 1 atom stereocenters. The van der Waals surface area contributed by atoms with Gasteiger partial charge in [0.15, 0.2) is 5.82 Å². The van der Waals surface area contributed by atoms with Gasteiger partial charge in [-0.1, -0.05) is 70.2 Å². The van der Waals surface area contributed by atoms with Gasteiger partial charge in [0.1, 0.15) is 5.82 Å². The normalized spacial score (nSPS) is 19.8. The Balaban J connectivity index is 1.34. The summed E-state index contributed by atoms with van der Waals surface area (Å²) < 4.78 is 0. The maximum atomic E-state index is 13.2. The van der Waals surface area contributed by atoms with Crippen LogP contribution in [-0.2, 0) is 6.54 Å². The molecule has 5 rings (SSSR count). The number of carbonyl (C=O) groups is 1. The van der Waals surface area contributed by atoms with Crippen LogP contribution in [0.15, 0.2) is 54.6 Å². The number of aromatic amines is 1. The molecule has 1 spiro atoms. The molecule has 2 aliphatic heterocycles. The molecule has 2 aliphatic rings. The summed E-state index contributed by atoms with van der Waals surface area (Å²) in [6.45, 7) is 12.9. The second-order valence-electron chi connectivity index (χ2n) is 10.7. The predicted octanol–water partition coefficient (Wildman–Crippen LogP) is 4.79. The summed E-state index contributed by atoms with van der Waals surface area (Å²) in [7, 11) is 0. The number of nitrogens with one attached hydrogen (secondary N) is 1. The van der Waals surface area contributed by atoms with Gasteiger partial charge in [-0.3, -0.25) is 14.8 Å².